The Morgan fingerprint density at radius 2 is 1.95 bits per heavy atom. The first-order valence-corrected chi connectivity index (χ1v) is 6.96. The molecule has 8 nitrogen and oxygen atoms in total. The number of nitrogens with zero attached hydrogens (tertiary/aromatic N) is 4. The molecule has 0 atom stereocenters. The Balaban J connectivity index is 2.19. The summed E-state index contributed by atoms with van der Waals surface area (Å²) in [6, 6.07) is 0. The second-order valence-corrected chi connectivity index (χ2v) is 5.31. The number of hydrogen-bond donors (Lipinski definition) is 2. The number of H-pyrrole nitrogens is 1. The van der Waals surface area contributed by atoms with E-state index in [1.807, 2.05) is 18.7 Å². The van der Waals surface area contributed by atoms with Gasteiger partial charge in [0.2, 0.25) is 5.95 Å². The standard InChI is InChI=1S/C13H18N6O2/c1-7(2)8-9-10(18-13(14)16-8)17-12(20)11(15-9)19-3-5-21-6-4-19/h7H,3-6H2,1-2H3,(H3,14,16,17,18,20). The van der Waals surface area contributed by atoms with Gasteiger partial charge in [-0.1, -0.05) is 13.8 Å². The van der Waals surface area contributed by atoms with Crippen LogP contribution in [0.5, 0.6) is 0 Å². The summed E-state index contributed by atoms with van der Waals surface area (Å²) in [6.45, 7) is 6.48. The molecule has 0 unspecified atom stereocenters. The molecular weight excluding hydrogens is 272 g/mol. The molecule has 2 aromatic heterocycles. The van der Waals surface area contributed by atoms with Gasteiger partial charge < -0.3 is 20.4 Å². The SMILES string of the molecule is CC(C)c1nc(N)nc2[nH]c(=O)c(N3CCOCC3)nc12. The van der Waals surface area contributed by atoms with Crippen LogP contribution in [0.25, 0.3) is 11.2 Å². The lowest BCUT2D eigenvalue weighted by Crippen LogP contribution is -2.40. The van der Waals surface area contributed by atoms with Gasteiger partial charge in [-0.3, -0.25) is 4.79 Å². The fraction of sp³-hybridized carbons (Fsp3) is 0.538. The van der Waals surface area contributed by atoms with Crippen LogP contribution in [0.2, 0.25) is 0 Å². The van der Waals surface area contributed by atoms with Gasteiger partial charge in [0, 0.05) is 13.1 Å². The molecule has 1 fully saturated rings. The second-order valence-electron chi connectivity index (χ2n) is 5.31. The van der Waals surface area contributed by atoms with E-state index in [4.69, 9.17) is 10.5 Å². The summed E-state index contributed by atoms with van der Waals surface area (Å²) in [5, 5.41) is 0. The summed E-state index contributed by atoms with van der Waals surface area (Å²) in [4.78, 5) is 29.7. The van der Waals surface area contributed by atoms with Crippen molar-refractivity contribution in [3.05, 3.63) is 16.0 Å². The molecule has 3 heterocycles. The first-order chi connectivity index (χ1) is 10.1. The molecule has 3 N–H and O–H groups in total. The number of aromatic amines is 1. The summed E-state index contributed by atoms with van der Waals surface area (Å²) in [6.07, 6.45) is 0. The Kier molecular flexibility index (Phi) is 3.46. The lowest BCUT2D eigenvalue weighted by molar-refractivity contribution is 0.122. The van der Waals surface area contributed by atoms with E-state index in [0.717, 1.165) is 5.69 Å². The van der Waals surface area contributed by atoms with Gasteiger partial charge in [-0.2, -0.15) is 4.98 Å². The average molecular weight is 290 g/mol. The lowest BCUT2D eigenvalue weighted by atomic mass is 10.1. The van der Waals surface area contributed by atoms with E-state index in [0.29, 0.717) is 43.3 Å². The molecule has 0 radical (unpaired) electrons. The molecule has 21 heavy (non-hydrogen) atoms. The van der Waals surface area contributed by atoms with Gasteiger partial charge >= 0.3 is 0 Å². The Morgan fingerprint density at radius 1 is 1.24 bits per heavy atom. The number of rotatable bonds is 2. The molecule has 1 saturated heterocycles. The highest BCUT2D eigenvalue weighted by Crippen LogP contribution is 2.21. The van der Waals surface area contributed by atoms with Gasteiger partial charge in [0.15, 0.2) is 11.5 Å². The van der Waals surface area contributed by atoms with Crippen LogP contribution in [0.1, 0.15) is 25.5 Å². The Morgan fingerprint density at radius 3 is 2.62 bits per heavy atom. The molecule has 0 bridgehead atoms. The van der Waals surface area contributed by atoms with Gasteiger partial charge in [0.05, 0.1) is 18.9 Å². The number of nitrogens with two attached hydrogens (primary N) is 1. The lowest BCUT2D eigenvalue weighted by Gasteiger charge is -2.27. The number of nitrogens with one attached hydrogen (secondary N) is 1. The molecule has 2 aromatic rings. The van der Waals surface area contributed by atoms with E-state index in [2.05, 4.69) is 19.9 Å². The minimum absolute atomic E-state index is 0.133. The molecule has 1 aliphatic heterocycles. The Bertz CT molecular complexity index is 720. The average Bonchev–Trinajstić information content (AvgIpc) is 2.46. The molecule has 1 aliphatic rings. The van der Waals surface area contributed by atoms with E-state index in [1.165, 1.54) is 0 Å². The highest BCUT2D eigenvalue weighted by Gasteiger charge is 2.19. The topological polar surface area (TPSA) is 110 Å². The number of morpholine rings is 1. The van der Waals surface area contributed by atoms with Crippen molar-refractivity contribution in [3.8, 4) is 0 Å². The first kappa shape index (κ1) is 13.7. The maximum absolute atomic E-state index is 12.2. The number of nitrogen functional groups attached to an aromatic ring is 1. The predicted octanol–water partition coefficient (Wildman–Crippen LogP) is 0.255. The van der Waals surface area contributed by atoms with Gasteiger partial charge in [-0.25, -0.2) is 9.97 Å². The van der Waals surface area contributed by atoms with Crippen LogP contribution in [0.4, 0.5) is 11.8 Å². The first-order valence-electron chi connectivity index (χ1n) is 6.96. The minimum atomic E-state index is -0.266. The van der Waals surface area contributed by atoms with Crippen LogP contribution in [0.3, 0.4) is 0 Å². The van der Waals surface area contributed by atoms with Crippen molar-refractivity contribution < 1.29 is 4.74 Å². The summed E-state index contributed by atoms with van der Waals surface area (Å²) in [5.41, 5.74) is 7.15. The number of aromatic nitrogens is 4. The molecule has 0 aromatic carbocycles. The summed E-state index contributed by atoms with van der Waals surface area (Å²) in [5.74, 6) is 0.664. The van der Waals surface area contributed by atoms with Crippen molar-refractivity contribution in [2.24, 2.45) is 0 Å². The maximum atomic E-state index is 12.2. The van der Waals surface area contributed by atoms with Crippen LogP contribution >= 0.6 is 0 Å². The third kappa shape index (κ3) is 2.54. The molecule has 0 amide bonds. The molecule has 0 aliphatic carbocycles. The molecule has 8 heteroatoms. The second kappa shape index (κ2) is 5.28. The van der Waals surface area contributed by atoms with Crippen LogP contribution in [0.15, 0.2) is 4.79 Å². The van der Waals surface area contributed by atoms with Crippen molar-refractivity contribution in [2.75, 3.05) is 36.9 Å². The fourth-order valence-electron chi connectivity index (χ4n) is 2.40. The van der Waals surface area contributed by atoms with Gasteiger partial charge in [-0.05, 0) is 5.92 Å². The van der Waals surface area contributed by atoms with Crippen LogP contribution < -0.4 is 16.2 Å². The minimum Gasteiger partial charge on any atom is -0.378 e. The zero-order valence-corrected chi connectivity index (χ0v) is 12.1. The molecule has 3 rings (SSSR count). The number of ether oxygens (including phenoxy) is 1. The van der Waals surface area contributed by atoms with Crippen molar-refractivity contribution in [1.82, 2.24) is 19.9 Å². The van der Waals surface area contributed by atoms with Crippen molar-refractivity contribution in [1.29, 1.82) is 0 Å². The van der Waals surface area contributed by atoms with E-state index in [-0.39, 0.29) is 17.4 Å². The van der Waals surface area contributed by atoms with Gasteiger partial charge in [-0.15, -0.1) is 0 Å². The van der Waals surface area contributed by atoms with Gasteiger partial charge in [0.1, 0.15) is 5.52 Å². The molecule has 0 spiro atoms. The van der Waals surface area contributed by atoms with Crippen molar-refractivity contribution >= 4 is 22.9 Å². The smallest absolute Gasteiger partial charge is 0.292 e. The maximum Gasteiger partial charge on any atom is 0.292 e. The van der Waals surface area contributed by atoms with Crippen LogP contribution in [-0.4, -0.2) is 46.2 Å². The van der Waals surface area contributed by atoms with Crippen molar-refractivity contribution in [3.63, 3.8) is 0 Å². The number of hydrogen-bond acceptors (Lipinski definition) is 7. The zero-order chi connectivity index (χ0) is 15.0. The van der Waals surface area contributed by atoms with E-state index >= 15 is 0 Å². The largest absolute Gasteiger partial charge is 0.378 e. The fourth-order valence-corrected chi connectivity index (χ4v) is 2.40. The summed E-state index contributed by atoms with van der Waals surface area (Å²) in [7, 11) is 0. The van der Waals surface area contributed by atoms with Crippen LogP contribution in [0, 0.1) is 0 Å². The van der Waals surface area contributed by atoms with Gasteiger partial charge in [0.25, 0.3) is 5.56 Å². The highest BCUT2D eigenvalue weighted by atomic mass is 16.5. The van der Waals surface area contributed by atoms with E-state index in [1.54, 1.807) is 0 Å². The molecule has 0 saturated carbocycles. The predicted molar refractivity (Wildman–Crippen MR) is 79.5 cm³/mol. The zero-order valence-electron chi connectivity index (χ0n) is 12.1. The highest BCUT2D eigenvalue weighted by molar-refractivity contribution is 5.75. The third-order valence-electron chi connectivity index (χ3n) is 3.44. The van der Waals surface area contributed by atoms with Crippen LogP contribution in [-0.2, 0) is 4.74 Å². The van der Waals surface area contributed by atoms with Crippen molar-refractivity contribution in [2.45, 2.75) is 19.8 Å². The molecular formula is C13H18N6O2. The third-order valence-corrected chi connectivity index (χ3v) is 3.44. The van der Waals surface area contributed by atoms with E-state index < -0.39 is 0 Å². The monoisotopic (exact) mass is 290 g/mol. The number of fused-ring (bicyclic) bond motifs is 1. The molecule has 112 valence electrons. The van der Waals surface area contributed by atoms with E-state index in [9.17, 15) is 4.79 Å². The quantitative estimate of drug-likeness (QED) is 0.816. The summed E-state index contributed by atoms with van der Waals surface area (Å²) >= 11 is 0. The Hall–Kier alpha value is -2.22. The Labute approximate surface area is 121 Å². The normalized spacial score (nSPS) is 15.9. The summed E-state index contributed by atoms with van der Waals surface area (Å²) < 4.78 is 5.30. The number of anilines is 2.